The molecule has 5 heteroatoms. The first kappa shape index (κ1) is 19.6. The number of nitrogens with zero attached hydrogens (tertiary/aromatic N) is 2. The maximum atomic E-state index is 12.7. The second kappa shape index (κ2) is 9.13. The Morgan fingerprint density at radius 1 is 1.00 bits per heavy atom. The van der Waals surface area contributed by atoms with Crippen LogP contribution in [0, 0.1) is 13.8 Å². The molecule has 0 spiro atoms. The second-order valence-corrected chi connectivity index (χ2v) is 6.48. The van der Waals surface area contributed by atoms with Gasteiger partial charge >= 0.3 is 0 Å². The number of anilines is 1. The summed E-state index contributed by atoms with van der Waals surface area (Å²) in [6.07, 6.45) is 3.31. The fourth-order valence-electron chi connectivity index (χ4n) is 2.74. The van der Waals surface area contributed by atoms with Gasteiger partial charge in [0.15, 0.2) is 0 Å². The van der Waals surface area contributed by atoms with Crippen molar-refractivity contribution in [2.75, 3.05) is 18.4 Å². The molecule has 1 aromatic carbocycles. The van der Waals surface area contributed by atoms with E-state index >= 15 is 0 Å². The molecular formula is C21H27N3O2. The Bertz CT molecular complexity index is 781. The Morgan fingerprint density at radius 2 is 1.69 bits per heavy atom. The van der Waals surface area contributed by atoms with Gasteiger partial charge in [0.2, 0.25) is 0 Å². The summed E-state index contributed by atoms with van der Waals surface area (Å²) < 4.78 is 0. The number of aromatic nitrogens is 1. The van der Waals surface area contributed by atoms with E-state index in [4.69, 9.17) is 0 Å². The number of amides is 2. The predicted molar refractivity (Wildman–Crippen MR) is 105 cm³/mol. The van der Waals surface area contributed by atoms with Crippen molar-refractivity contribution in [2.45, 2.75) is 40.5 Å². The van der Waals surface area contributed by atoms with Gasteiger partial charge in [-0.1, -0.05) is 19.9 Å². The SMILES string of the molecule is CCCN(CCC)C(=O)c1ccnc(C(=O)Nc2ccc(C)c(C)c2)c1. The predicted octanol–water partition coefficient (Wildman–Crippen LogP) is 4.21. The van der Waals surface area contributed by atoms with Crippen LogP contribution in [0.1, 0.15) is 58.7 Å². The molecule has 1 aromatic heterocycles. The Labute approximate surface area is 155 Å². The Kier molecular flexibility index (Phi) is 6.89. The molecule has 0 unspecified atom stereocenters. The number of hydrogen-bond donors (Lipinski definition) is 1. The number of benzene rings is 1. The molecule has 0 atom stereocenters. The van der Waals surface area contributed by atoms with E-state index < -0.39 is 0 Å². The lowest BCUT2D eigenvalue weighted by molar-refractivity contribution is 0.0755. The summed E-state index contributed by atoms with van der Waals surface area (Å²) in [4.78, 5) is 31.2. The summed E-state index contributed by atoms with van der Waals surface area (Å²) in [6.45, 7) is 9.53. The maximum absolute atomic E-state index is 12.7. The summed E-state index contributed by atoms with van der Waals surface area (Å²) in [5, 5.41) is 2.85. The largest absolute Gasteiger partial charge is 0.339 e. The van der Waals surface area contributed by atoms with E-state index in [9.17, 15) is 9.59 Å². The van der Waals surface area contributed by atoms with Crippen LogP contribution in [-0.4, -0.2) is 34.8 Å². The zero-order chi connectivity index (χ0) is 19.1. The molecule has 0 aliphatic heterocycles. The fraction of sp³-hybridized carbons (Fsp3) is 0.381. The normalized spacial score (nSPS) is 10.5. The van der Waals surface area contributed by atoms with Gasteiger partial charge in [0.1, 0.15) is 5.69 Å². The van der Waals surface area contributed by atoms with Crippen molar-refractivity contribution < 1.29 is 9.59 Å². The third kappa shape index (κ3) is 4.91. The highest BCUT2D eigenvalue weighted by molar-refractivity contribution is 6.04. The Hall–Kier alpha value is -2.69. The highest BCUT2D eigenvalue weighted by atomic mass is 16.2. The third-order valence-corrected chi connectivity index (χ3v) is 4.28. The number of rotatable bonds is 7. The number of carbonyl (C=O) groups excluding carboxylic acids is 2. The van der Waals surface area contributed by atoms with Gasteiger partial charge in [-0.2, -0.15) is 0 Å². The van der Waals surface area contributed by atoms with Gasteiger partial charge in [0.05, 0.1) is 0 Å². The highest BCUT2D eigenvalue weighted by Crippen LogP contribution is 2.15. The molecule has 26 heavy (non-hydrogen) atoms. The summed E-state index contributed by atoms with van der Waals surface area (Å²) in [7, 11) is 0. The van der Waals surface area contributed by atoms with Crippen LogP contribution in [0.5, 0.6) is 0 Å². The molecule has 2 amide bonds. The molecular weight excluding hydrogens is 326 g/mol. The van der Waals surface area contributed by atoms with E-state index in [1.54, 1.807) is 12.1 Å². The van der Waals surface area contributed by atoms with Crippen LogP contribution in [0.3, 0.4) is 0 Å². The van der Waals surface area contributed by atoms with E-state index in [2.05, 4.69) is 10.3 Å². The van der Waals surface area contributed by atoms with Crippen LogP contribution in [-0.2, 0) is 0 Å². The molecule has 0 bridgehead atoms. The zero-order valence-corrected chi connectivity index (χ0v) is 16.0. The second-order valence-electron chi connectivity index (χ2n) is 6.48. The number of hydrogen-bond acceptors (Lipinski definition) is 3. The lowest BCUT2D eigenvalue weighted by Crippen LogP contribution is -2.32. The van der Waals surface area contributed by atoms with Crippen molar-refractivity contribution in [2.24, 2.45) is 0 Å². The third-order valence-electron chi connectivity index (χ3n) is 4.28. The van der Waals surface area contributed by atoms with Gasteiger partial charge in [-0.3, -0.25) is 14.6 Å². The molecule has 0 saturated carbocycles. The molecule has 2 aromatic rings. The number of aryl methyl sites for hydroxylation is 2. The Balaban J connectivity index is 2.17. The average Bonchev–Trinajstić information content (AvgIpc) is 2.64. The minimum Gasteiger partial charge on any atom is -0.339 e. The summed E-state index contributed by atoms with van der Waals surface area (Å²) in [5.74, 6) is -0.378. The van der Waals surface area contributed by atoms with Crippen molar-refractivity contribution in [1.82, 2.24) is 9.88 Å². The molecule has 5 nitrogen and oxygen atoms in total. The minimum absolute atomic E-state index is 0.0590. The van der Waals surface area contributed by atoms with Gasteiger partial charge < -0.3 is 10.2 Å². The lowest BCUT2D eigenvalue weighted by Gasteiger charge is -2.21. The van der Waals surface area contributed by atoms with Gasteiger partial charge in [0.25, 0.3) is 11.8 Å². The first-order chi connectivity index (χ1) is 12.5. The number of nitrogens with one attached hydrogen (secondary N) is 1. The van der Waals surface area contributed by atoms with E-state index in [0.29, 0.717) is 18.7 Å². The minimum atomic E-state index is -0.319. The first-order valence-electron chi connectivity index (χ1n) is 9.10. The Morgan fingerprint density at radius 3 is 2.31 bits per heavy atom. The van der Waals surface area contributed by atoms with Crippen LogP contribution < -0.4 is 5.32 Å². The van der Waals surface area contributed by atoms with E-state index in [1.807, 2.05) is 50.8 Å². The molecule has 0 saturated heterocycles. The molecule has 0 aliphatic carbocycles. The van der Waals surface area contributed by atoms with Crippen molar-refractivity contribution in [3.63, 3.8) is 0 Å². The molecule has 2 rings (SSSR count). The molecule has 1 N–H and O–H groups in total. The van der Waals surface area contributed by atoms with E-state index in [0.717, 1.165) is 24.1 Å². The summed E-state index contributed by atoms with van der Waals surface area (Å²) in [5.41, 5.74) is 3.72. The molecule has 0 radical (unpaired) electrons. The number of carbonyl (C=O) groups is 2. The fourth-order valence-corrected chi connectivity index (χ4v) is 2.74. The smallest absolute Gasteiger partial charge is 0.274 e. The quantitative estimate of drug-likeness (QED) is 0.811. The van der Waals surface area contributed by atoms with Crippen molar-refractivity contribution in [3.05, 3.63) is 58.9 Å². The van der Waals surface area contributed by atoms with Crippen molar-refractivity contribution >= 4 is 17.5 Å². The zero-order valence-electron chi connectivity index (χ0n) is 16.0. The first-order valence-corrected chi connectivity index (χ1v) is 9.10. The van der Waals surface area contributed by atoms with Crippen LogP contribution in [0.25, 0.3) is 0 Å². The molecule has 0 fully saturated rings. The van der Waals surface area contributed by atoms with E-state index in [-0.39, 0.29) is 17.5 Å². The van der Waals surface area contributed by atoms with Crippen molar-refractivity contribution in [1.29, 1.82) is 0 Å². The van der Waals surface area contributed by atoms with E-state index in [1.165, 1.54) is 11.8 Å². The van der Waals surface area contributed by atoms with Gasteiger partial charge in [0, 0.05) is 30.5 Å². The van der Waals surface area contributed by atoms with Crippen LogP contribution in [0.4, 0.5) is 5.69 Å². The molecule has 0 aliphatic rings. The summed E-state index contributed by atoms with van der Waals surface area (Å²) in [6, 6.07) is 8.97. The van der Waals surface area contributed by atoms with Gasteiger partial charge in [-0.05, 0) is 62.1 Å². The monoisotopic (exact) mass is 353 g/mol. The van der Waals surface area contributed by atoms with Gasteiger partial charge in [-0.15, -0.1) is 0 Å². The lowest BCUT2D eigenvalue weighted by atomic mass is 10.1. The topological polar surface area (TPSA) is 62.3 Å². The highest BCUT2D eigenvalue weighted by Gasteiger charge is 2.17. The average molecular weight is 353 g/mol. The summed E-state index contributed by atoms with van der Waals surface area (Å²) >= 11 is 0. The van der Waals surface area contributed by atoms with Crippen molar-refractivity contribution in [3.8, 4) is 0 Å². The van der Waals surface area contributed by atoms with Crippen LogP contribution in [0.2, 0.25) is 0 Å². The molecule has 138 valence electrons. The maximum Gasteiger partial charge on any atom is 0.274 e. The van der Waals surface area contributed by atoms with Crippen LogP contribution in [0.15, 0.2) is 36.5 Å². The standard InChI is InChI=1S/C21H27N3O2/c1-5-11-24(12-6-2)21(26)17-9-10-22-19(14-17)20(25)23-18-8-7-15(3)16(4)13-18/h7-10,13-14H,5-6,11-12H2,1-4H3,(H,23,25). The van der Waals surface area contributed by atoms with Gasteiger partial charge in [-0.25, -0.2) is 0 Å². The van der Waals surface area contributed by atoms with Crippen LogP contribution >= 0.6 is 0 Å². The molecule has 1 heterocycles. The number of pyridine rings is 1.